The molecular formula is C14H24N2O2S2. The van der Waals surface area contributed by atoms with Crippen molar-refractivity contribution in [3.8, 4) is 0 Å². The molecule has 0 aromatic heterocycles. The summed E-state index contributed by atoms with van der Waals surface area (Å²) < 4.78 is 27.9. The molecule has 6 heteroatoms. The minimum absolute atomic E-state index is 0.0451. The van der Waals surface area contributed by atoms with E-state index in [0.29, 0.717) is 11.4 Å². The molecule has 1 rings (SSSR count). The van der Waals surface area contributed by atoms with Crippen molar-refractivity contribution >= 4 is 21.8 Å². The van der Waals surface area contributed by atoms with Gasteiger partial charge in [0.15, 0.2) is 0 Å². The molecule has 0 spiro atoms. The van der Waals surface area contributed by atoms with Gasteiger partial charge in [-0.05, 0) is 49.3 Å². The highest BCUT2D eigenvalue weighted by Crippen LogP contribution is 2.21. The minimum Gasteiger partial charge on any atom is -0.326 e. The number of thioether (sulfide) groups is 1. The molecule has 0 bridgehead atoms. The monoisotopic (exact) mass is 316 g/mol. The second kappa shape index (κ2) is 7.45. The Morgan fingerprint density at radius 2 is 2.00 bits per heavy atom. The number of sulfonamides is 1. The highest BCUT2D eigenvalue weighted by Gasteiger charge is 2.22. The maximum absolute atomic E-state index is 12.6. The van der Waals surface area contributed by atoms with Gasteiger partial charge in [-0.15, -0.1) is 0 Å². The van der Waals surface area contributed by atoms with E-state index in [2.05, 4.69) is 4.72 Å². The standard InChI is InChI=1S/C14H24N2O2S2/c1-5-13(9-19-4)16-20(17,18)14-7-12(8-15)6-10(2)11(14)3/h6-7,13,16H,5,8-9,15H2,1-4H3. The number of hydrogen-bond acceptors (Lipinski definition) is 4. The molecule has 1 aromatic carbocycles. The van der Waals surface area contributed by atoms with Crippen molar-refractivity contribution in [2.45, 2.75) is 44.7 Å². The van der Waals surface area contributed by atoms with Gasteiger partial charge in [-0.1, -0.05) is 13.0 Å². The molecule has 20 heavy (non-hydrogen) atoms. The van der Waals surface area contributed by atoms with E-state index in [1.807, 2.05) is 33.1 Å². The SMILES string of the molecule is CCC(CSC)NS(=O)(=O)c1cc(CN)cc(C)c1C. The Balaban J connectivity index is 3.18. The molecule has 0 amide bonds. The molecular weight excluding hydrogens is 292 g/mol. The van der Waals surface area contributed by atoms with Gasteiger partial charge in [0.1, 0.15) is 0 Å². The van der Waals surface area contributed by atoms with Crippen molar-refractivity contribution in [1.29, 1.82) is 0 Å². The molecule has 1 aromatic rings. The van der Waals surface area contributed by atoms with Crippen LogP contribution in [0.15, 0.2) is 17.0 Å². The fourth-order valence-corrected chi connectivity index (χ4v) is 4.53. The lowest BCUT2D eigenvalue weighted by Crippen LogP contribution is -2.36. The van der Waals surface area contributed by atoms with E-state index in [1.54, 1.807) is 17.8 Å². The third-order valence-electron chi connectivity index (χ3n) is 3.39. The van der Waals surface area contributed by atoms with Crippen molar-refractivity contribution in [2.75, 3.05) is 12.0 Å². The van der Waals surface area contributed by atoms with Crippen LogP contribution in [0.3, 0.4) is 0 Å². The molecule has 0 aliphatic heterocycles. The van der Waals surface area contributed by atoms with Gasteiger partial charge in [-0.2, -0.15) is 11.8 Å². The first-order valence-corrected chi connectivity index (χ1v) is 9.54. The summed E-state index contributed by atoms with van der Waals surface area (Å²) in [6.45, 7) is 6.07. The number of rotatable bonds is 7. The summed E-state index contributed by atoms with van der Waals surface area (Å²) in [5.41, 5.74) is 8.21. The van der Waals surface area contributed by atoms with Crippen LogP contribution in [0.2, 0.25) is 0 Å². The maximum Gasteiger partial charge on any atom is 0.241 e. The van der Waals surface area contributed by atoms with E-state index in [4.69, 9.17) is 5.73 Å². The molecule has 0 fully saturated rings. The lowest BCUT2D eigenvalue weighted by molar-refractivity contribution is 0.557. The Hall–Kier alpha value is -0.560. The van der Waals surface area contributed by atoms with Crippen LogP contribution in [0.1, 0.15) is 30.0 Å². The van der Waals surface area contributed by atoms with E-state index < -0.39 is 10.0 Å². The predicted octanol–water partition coefficient (Wildman–Crippen LogP) is 2.18. The third kappa shape index (κ3) is 4.22. The van der Waals surface area contributed by atoms with E-state index in [-0.39, 0.29) is 6.04 Å². The summed E-state index contributed by atoms with van der Waals surface area (Å²) in [6.07, 6.45) is 2.75. The van der Waals surface area contributed by atoms with Gasteiger partial charge in [0, 0.05) is 18.3 Å². The number of aryl methyl sites for hydroxylation is 1. The fraction of sp³-hybridized carbons (Fsp3) is 0.571. The first-order valence-electron chi connectivity index (χ1n) is 6.67. The van der Waals surface area contributed by atoms with E-state index in [1.165, 1.54) is 0 Å². The molecule has 0 aliphatic rings. The molecule has 0 heterocycles. The van der Waals surface area contributed by atoms with Crippen LogP contribution in [0, 0.1) is 13.8 Å². The van der Waals surface area contributed by atoms with Crippen molar-refractivity contribution in [3.05, 3.63) is 28.8 Å². The van der Waals surface area contributed by atoms with Gasteiger partial charge in [-0.3, -0.25) is 0 Å². The summed E-state index contributed by atoms with van der Waals surface area (Å²) in [5.74, 6) is 0.768. The zero-order valence-corrected chi connectivity index (χ0v) is 14.2. The van der Waals surface area contributed by atoms with Crippen molar-refractivity contribution in [3.63, 3.8) is 0 Å². The Morgan fingerprint density at radius 1 is 1.35 bits per heavy atom. The second-order valence-corrected chi connectivity index (χ2v) is 7.51. The van der Waals surface area contributed by atoms with E-state index in [9.17, 15) is 8.42 Å². The van der Waals surface area contributed by atoms with Crippen LogP contribution in [0.4, 0.5) is 0 Å². The van der Waals surface area contributed by atoms with Gasteiger partial charge in [-0.25, -0.2) is 13.1 Å². The highest BCUT2D eigenvalue weighted by atomic mass is 32.2. The summed E-state index contributed by atoms with van der Waals surface area (Å²) >= 11 is 1.64. The van der Waals surface area contributed by atoms with Gasteiger partial charge < -0.3 is 5.73 Å². The molecule has 3 N–H and O–H groups in total. The summed E-state index contributed by atoms with van der Waals surface area (Å²) in [5, 5.41) is 0. The quantitative estimate of drug-likeness (QED) is 0.809. The average Bonchev–Trinajstić information content (AvgIpc) is 2.40. The van der Waals surface area contributed by atoms with Crippen LogP contribution in [-0.4, -0.2) is 26.5 Å². The van der Waals surface area contributed by atoms with Gasteiger partial charge in [0.25, 0.3) is 0 Å². The zero-order valence-electron chi connectivity index (χ0n) is 12.6. The molecule has 4 nitrogen and oxygen atoms in total. The van der Waals surface area contributed by atoms with E-state index >= 15 is 0 Å². The van der Waals surface area contributed by atoms with Gasteiger partial charge in [0.05, 0.1) is 4.90 Å². The molecule has 0 aliphatic carbocycles. The normalized spacial score (nSPS) is 13.4. The van der Waals surface area contributed by atoms with Crippen molar-refractivity contribution in [1.82, 2.24) is 4.72 Å². The fourth-order valence-electron chi connectivity index (χ4n) is 2.02. The molecule has 1 atom stereocenters. The lowest BCUT2D eigenvalue weighted by atomic mass is 10.1. The minimum atomic E-state index is -3.50. The molecule has 1 unspecified atom stereocenters. The molecule has 0 saturated heterocycles. The Bertz CT molecular complexity index is 557. The largest absolute Gasteiger partial charge is 0.326 e. The third-order valence-corrected chi connectivity index (χ3v) is 5.77. The summed E-state index contributed by atoms with van der Waals surface area (Å²) in [6, 6.07) is 3.57. The van der Waals surface area contributed by atoms with Crippen LogP contribution >= 0.6 is 11.8 Å². The lowest BCUT2D eigenvalue weighted by Gasteiger charge is -2.18. The van der Waals surface area contributed by atoms with Gasteiger partial charge in [0.2, 0.25) is 10.0 Å². The smallest absolute Gasteiger partial charge is 0.241 e. The van der Waals surface area contributed by atoms with E-state index in [0.717, 1.165) is 28.9 Å². The Kier molecular flexibility index (Phi) is 6.51. The maximum atomic E-state index is 12.6. The average molecular weight is 316 g/mol. The molecule has 114 valence electrons. The number of benzene rings is 1. The number of nitrogens with two attached hydrogens (primary N) is 1. The number of hydrogen-bond donors (Lipinski definition) is 2. The number of nitrogens with one attached hydrogen (secondary N) is 1. The van der Waals surface area contributed by atoms with Crippen molar-refractivity contribution in [2.24, 2.45) is 5.73 Å². The van der Waals surface area contributed by atoms with Crippen LogP contribution in [0.5, 0.6) is 0 Å². The highest BCUT2D eigenvalue weighted by molar-refractivity contribution is 7.98. The first-order chi connectivity index (χ1) is 9.35. The topological polar surface area (TPSA) is 72.2 Å². The molecule has 0 radical (unpaired) electrons. The van der Waals surface area contributed by atoms with Crippen molar-refractivity contribution < 1.29 is 8.42 Å². The predicted molar refractivity (Wildman–Crippen MR) is 86.6 cm³/mol. The van der Waals surface area contributed by atoms with Crippen LogP contribution < -0.4 is 10.5 Å². The van der Waals surface area contributed by atoms with Crippen LogP contribution in [-0.2, 0) is 16.6 Å². The summed E-state index contributed by atoms with van der Waals surface area (Å²) in [7, 11) is -3.50. The van der Waals surface area contributed by atoms with Crippen LogP contribution in [0.25, 0.3) is 0 Å². The second-order valence-electron chi connectivity index (χ2n) is 4.92. The molecule has 0 saturated carbocycles. The first kappa shape index (κ1) is 17.5. The summed E-state index contributed by atoms with van der Waals surface area (Å²) in [4.78, 5) is 0.345. The Morgan fingerprint density at radius 3 is 2.50 bits per heavy atom. The Labute approximate surface area is 126 Å². The zero-order chi connectivity index (χ0) is 15.3. The van der Waals surface area contributed by atoms with Gasteiger partial charge >= 0.3 is 0 Å².